The second kappa shape index (κ2) is 7.18. The smallest absolute Gasteiger partial charge is 0.0805 e. The predicted molar refractivity (Wildman–Crippen MR) is 117 cm³/mol. The first-order chi connectivity index (χ1) is 13.0. The molecule has 0 saturated carbocycles. The minimum absolute atomic E-state index is 0.482. The molecule has 138 valence electrons. The number of benzene rings is 2. The van der Waals surface area contributed by atoms with Crippen molar-refractivity contribution in [1.82, 2.24) is 9.55 Å². The highest BCUT2D eigenvalue weighted by Gasteiger charge is 2.17. The van der Waals surface area contributed by atoms with Crippen molar-refractivity contribution >= 4 is 45.0 Å². The Bertz CT molecular complexity index is 1140. The van der Waals surface area contributed by atoms with E-state index in [-0.39, 0.29) is 0 Å². The van der Waals surface area contributed by atoms with Crippen molar-refractivity contribution < 1.29 is 0 Å². The van der Waals surface area contributed by atoms with Gasteiger partial charge in [-0.3, -0.25) is 4.98 Å². The van der Waals surface area contributed by atoms with Crippen LogP contribution in [-0.4, -0.2) is 9.55 Å². The van der Waals surface area contributed by atoms with Gasteiger partial charge < -0.3 is 4.57 Å². The van der Waals surface area contributed by atoms with Crippen LogP contribution in [0.25, 0.3) is 32.9 Å². The summed E-state index contributed by atoms with van der Waals surface area (Å²) in [5.74, 6) is 0. The lowest BCUT2D eigenvalue weighted by molar-refractivity contribution is 0.486. The largest absolute Gasteiger partial charge is 0.344 e. The van der Waals surface area contributed by atoms with Gasteiger partial charge in [-0.2, -0.15) is 0 Å². The third kappa shape index (κ3) is 3.01. The molecule has 0 aliphatic rings. The number of nitrogens with zero attached hydrogens (tertiary/aromatic N) is 2. The molecular weight excluding hydrogens is 375 g/mol. The van der Waals surface area contributed by atoms with Crippen molar-refractivity contribution in [2.75, 3.05) is 0 Å². The van der Waals surface area contributed by atoms with Gasteiger partial charge in [0.1, 0.15) is 0 Å². The average Bonchev–Trinajstić information content (AvgIpc) is 3.09. The minimum atomic E-state index is 0.482. The predicted octanol–water partition coefficient (Wildman–Crippen LogP) is 7.83. The van der Waals surface area contributed by atoms with Crippen LogP contribution in [0.2, 0.25) is 10.0 Å². The maximum absolute atomic E-state index is 6.51. The van der Waals surface area contributed by atoms with Crippen molar-refractivity contribution in [1.29, 1.82) is 0 Å². The van der Waals surface area contributed by atoms with Gasteiger partial charge in [-0.15, -0.1) is 0 Å². The molecule has 2 aromatic carbocycles. The molecule has 0 radical (unpaired) electrons. The van der Waals surface area contributed by atoms with Crippen molar-refractivity contribution in [3.8, 4) is 11.1 Å². The molecule has 0 atom stereocenters. The first-order valence-corrected chi connectivity index (χ1v) is 10.2. The summed E-state index contributed by atoms with van der Waals surface area (Å²) in [5.41, 5.74) is 5.28. The summed E-state index contributed by atoms with van der Waals surface area (Å²) in [4.78, 5) is 4.96. The van der Waals surface area contributed by atoms with E-state index in [9.17, 15) is 0 Å². The number of pyridine rings is 1. The maximum Gasteiger partial charge on any atom is 0.0805 e. The fourth-order valence-corrected chi connectivity index (χ4v) is 4.53. The van der Waals surface area contributed by atoms with E-state index < -0.39 is 0 Å². The van der Waals surface area contributed by atoms with E-state index in [4.69, 9.17) is 28.2 Å². The SMILES string of the molecule is CCC(CC)n1ccc2c(C)nc3c(-c4ccc(Cl)cc4Cl)cccc3c21. The Hall–Kier alpha value is -2.03. The number of fused-ring (bicyclic) bond motifs is 3. The molecule has 27 heavy (non-hydrogen) atoms. The maximum atomic E-state index is 6.51. The normalized spacial score (nSPS) is 11.8. The Morgan fingerprint density at radius 2 is 1.74 bits per heavy atom. The topological polar surface area (TPSA) is 17.8 Å². The van der Waals surface area contributed by atoms with Crippen LogP contribution in [0, 0.1) is 6.92 Å². The molecule has 2 heterocycles. The van der Waals surface area contributed by atoms with Crippen LogP contribution < -0.4 is 0 Å². The Labute approximate surface area is 169 Å². The summed E-state index contributed by atoms with van der Waals surface area (Å²) < 4.78 is 2.42. The van der Waals surface area contributed by atoms with Gasteiger partial charge in [-0.05, 0) is 38.0 Å². The molecule has 0 amide bonds. The Morgan fingerprint density at radius 3 is 2.44 bits per heavy atom. The molecular formula is C23H22Cl2N2. The van der Waals surface area contributed by atoms with E-state index in [1.54, 1.807) is 6.07 Å². The van der Waals surface area contributed by atoms with Gasteiger partial charge in [0.15, 0.2) is 0 Å². The molecule has 2 nitrogen and oxygen atoms in total. The number of aryl methyl sites for hydroxylation is 1. The van der Waals surface area contributed by atoms with Gasteiger partial charge in [0.05, 0.1) is 11.0 Å². The number of hydrogen-bond donors (Lipinski definition) is 0. The molecule has 0 fully saturated rings. The number of halogens is 2. The van der Waals surface area contributed by atoms with Crippen molar-refractivity contribution in [3.05, 3.63) is 64.4 Å². The Kier molecular flexibility index (Phi) is 4.88. The van der Waals surface area contributed by atoms with Crippen molar-refractivity contribution in [2.24, 2.45) is 0 Å². The van der Waals surface area contributed by atoms with E-state index in [1.165, 1.54) is 10.9 Å². The number of hydrogen-bond acceptors (Lipinski definition) is 1. The van der Waals surface area contributed by atoms with Crippen molar-refractivity contribution in [2.45, 2.75) is 39.7 Å². The lowest BCUT2D eigenvalue weighted by Gasteiger charge is -2.18. The third-order valence-electron chi connectivity index (χ3n) is 5.43. The molecule has 4 aromatic rings. The summed E-state index contributed by atoms with van der Waals surface area (Å²) >= 11 is 12.6. The molecule has 0 saturated heterocycles. The summed E-state index contributed by atoms with van der Waals surface area (Å²) in [5, 5.41) is 3.66. The zero-order valence-electron chi connectivity index (χ0n) is 15.8. The second-order valence-electron chi connectivity index (χ2n) is 6.98. The molecule has 0 aliphatic carbocycles. The Balaban J connectivity index is 2.08. The number of para-hydroxylation sites is 1. The van der Waals surface area contributed by atoms with Gasteiger partial charge in [0.25, 0.3) is 0 Å². The first kappa shape index (κ1) is 18.3. The first-order valence-electron chi connectivity index (χ1n) is 9.40. The number of aromatic nitrogens is 2. The van der Waals surface area contributed by atoms with Gasteiger partial charge in [-0.1, -0.05) is 61.3 Å². The second-order valence-corrected chi connectivity index (χ2v) is 7.82. The quantitative estimate of drug-likeness (QED) is 0.343. The van der Waals surface area contributed by atoms with Crippen LogP contribution in [0.4, 0.5) is 0 Å². The highest BCUT2D eigenvalue weighted by atomic mass is 35.5. The van der Waals surface area contributed by atoms with Crippen LogP contribution in [0.5, 0.6) is 0 Å². The summed E-state index contributed by atoms with van der Waals surface area (Å²) in [7, 11) is 0. The molecule has 0 N–H and O–H groups in total. The zero-order chi connectivity index (χ0) is 19.1. The average molecular weight is 397 g/mol. The van der Waals surface area contributed by atoms with E-state index in [0.29, 0.717) is 16.1 Å². The molecule has 0 aliphatic heterocycles. The van der Waals surface area contributed by atoms with Gasteiger partial charge in [0.2, 0.25) is 0 Å². The Morgan fingerprint density at radius 1 is 0.963 bits per heavy atom. The molecule has 0 bridgehead atoms. The molecule has 4 rings (SSSR count). The highest BCUT2D eigenvalue weighted by Crippen LogP contribution is 2.38. The lowest BCUT2D eigenvalue weighted by atomic mass is 10.00. The van der Waals surface area contributed by atoms with E-state index >= 15 is 0 Å². The van der Waals surface area contributed by atoms with E-state index in [1.807, 2.05) is 12.1 Å². The fourth-order valence-electron chi connectivity index (χ4n) is 4.02. The molecule has 0 unspecified atom stereocenters. The molecule has 4 heteroatoms. The number of rotatable bonds is 4. The highest BCUT2D eigenvalue weighted by molar-refractivity contribution is 6.36. The fraction of sp³-hybridized carbons (Fsp3) is 0.261. The third-order valence-corrected chi connectivity index (χ3v) is 5.98. The van der Waals surface area contributed by atoms with Crippen LogP contribution in [0.1, 0.15) is 38.4 Å². The molecule has 0 spiro atoms. The van der Waals surface area contributed by atoms with Crippen LogP contribution in [-0.2, 0) is 0 Å². The van der Waals surface area contributed by atoms with E-state index in [0.717, 1.165) is 40.6 Å². The van der Waals surface area contributed by atoms with Crippen LogP contribution >= 0.6 is 23.2 Å². The zero-order valence-corrected chi connectivity index (χ0v) is 17.3. The summed E-state index contributed by atoms with van der Waals surface area (Å²) in [6.07, 6.45) is 4.41. The van der Waals surface area contributed by atoms with Gasteiger partial charge in [-0.25, -0.2) is 0 Å². The van der Waals surface area contributed by atoms with Crippen LogP contribution in [0.15, 0.2) is 48.7 Å². The van der Waals surface area contributed by atoms with Gasteiger partial charge in [0, 0.05) is 49.9 Å². The van der Waals surface area contributed by atoms with Crippen molar-refractivity contribution in [3.63, 3.8) is 0 Å². The molecule has 2 aromatic heterocycles. The van der Waals surface area contributed by atoms with Crippen LogP contribution in [0.3, 0.4) is 0 Å². The van der Waals surface area contributed by atoms with E-state index in [2.05, 4.69) is 55.8 Å². The monoisotopic (exact) mass is 396 g/mol. The summed E-state index contributed by atoms with van der Waals surface area (Å²) in [6, 6.07) is 14.6. The lowest BCUT2D eigenvalue weighted by Crippen LogP contribution is -2.06. The minimum Gasteiger partial charge on any atom is -0.344 e. The summed E-state index contributed by atoms with van der Waals surface area (Å²) in [6.45, 7) is 6.57. The van der Waals surface area contributed by atoms with Gasteiger partial charge >= 0.3 is 0 Å². The standard InChI is InChI=1S/C23H22Cl2N2/c1-4-16(5-2)27-12-11-17-14(3)26-22-19(7-6-8-20(22)23(17)27)18-10-9-15(24)13-21(18)25/h6-13,16H,4-5H2,1-3H3.